The fourth-order valence-corrected chi connectivity index (χ4v) is 4.31. The summed E-state index contributed by atoms with van der Waals surface area (Å²) in [4.78, 5) is 19.7. The number of piperidine rings is 1. The maximum absolute atomic E-state index is 12.9. The van der Waals surface area contributed by atoms with Gasteiger partial charge in [-0.3, -0.25) is 9.69 Å². The molecule has 0 aromatic heterocycles. The summed E-state index contributed by atoms with van der Waals surface area (Å²) in [6.45, 7) is 9.53. The molecule has 0 unspecified atom stereocenters. The highest BCUT2D eigenvalue weighted by atomic mass is 16.5. The molecule has 144 valence electrons. The third-order valence-electron chi connectivity index (χ3n) is 5.85. The van der Waals surface area contributed by atoms with E-state index in [9.17, 15) is 4.79 Å². The van der Waals surface area contributed by atoms with Gasteiger partial charge in [0.2, 0.25) is 5.91 Å². The van der Waals surface area contributed by atoms with Crippen LogP contribution in [0.25, 0.3) is 0 Å². The fraction of sp³-hybridized carbons (Fsp3) is 0.667. The molecule has 0 spiro atoms. The molecule has 1 aromatic carbocycles. The van der Waals surface area contributed by atoms with Crippen LogP contribution in [0.3, 0.4) is 0 Å². The number of ether oxygens (including phenoxy) is 1. The number of benzene rings is 1. The van der Waals surface area contributed by atoms with Crippen LogP contribution in [0.2, 0.25) is 0 Å². The average molecular weight is 360 g/mol. The van der Waals surface area contributed by atoms with Gasteiger partial charge in [-0.25, -0.2) is 0 Å². The maximum atomic E-state index is 12.9. The Hall–Kier alpha value is -1.59. The van der Waals surface area contributed by atoms with E-state index in [2.05, 4.69) is 54.1 Å². The van der Waals surface area contributed by atoms with Crippen LogP contribution < -0.4 is 4.90 Å². The molecule has 0 saturated carbocycles. The van der Waals surface area contributed by atoms with Gasteiger partial charge in [0.25, 0.3) is 0 Å². The number of nitrogens with zero attached hydrogens (tertiary/aromatic N) is 3. The number of hydrogen-bond acceptors (Lipinski definition) is 4. The van der Waals surface area contributed by atoms with E-state index in [0.29, 0.717) is 19.1 Å². The third kappa shape index (κ3) is 4.38. The minimum absolute atomic E-state index is 0.0459. The molecule has 1 amide bonds. The number of rotatable bonds is 4. The van der Waals surface area contributed by atoms with Crippen molar-refractivity contribution in [2.75, 3.05) is 38.1 Å². The number of amides is 1. The summed E-state index contributed by atoms with van der Waals surface area (Å²) in [6.07, 6.45) is 2.44. The molecule has 0 radical (unpaired) electrons. The topological polar surface area (TPSA) is 36.0 Å². The molecule has 2 fully saturated rings. The normalized spacial score (nSPS) is 26.5. The van der Waals surface area contributed by atoms with Crippen LogP contribution in [0.1, 0.15) is 33.6 Å². The molecule has 0 N–H and O–H groups in total. The maximum Gasteiger partial charge on any atom is 0.239 e. The summed E-state index contributed by atoms with van der Waals surface area (Å²) in [5.41, 5.74) is 1.27. The molecule has 2 aliphatic heterocycles. The lowest BCUT2D eigenvalue weighted by atomic mass is 10.0. The first-order valence-electron chi connectivity index (χ1n) is 9.92. The van der Waals surface area contributed by atoms with Crippen LogP contribution in [0.15, 0.2) is 30.3 Å². The Morgan fingerprint density at radius 3 is 2.27 bits per heavy atom. The highest BCUT2D eigenvalue weighted by Crippen LogP contribution is 2.23. The molecule has 0 bridgehead atoms. The largest absolute Gasteiger partial charge is 0.372 e. The molecule has 2 saturated heterocycles. The van der Waals surface area contributed by atoms with Gasteiger partial charge < -0.3 is 14.5 Å². The number of morpholine rings is 1. The van der Waals surface area contributed by atoms with Crippen molar-refractivity contribution in [1.29, 1.82) is 0 Å². The number of hydrogen-bond donors (Lipinski definition) is 0. The van der Waals surface area contributed by atoms with E-state index < -0.39 is 0 Å². The van der Waals surface area contributed by atoms with Crippen LogP contribution in [0, 0.1) is 0 Å². The van der Waals surface area contributed by atoms with Crippen molar-refractivity contribution in [2.45, 2.75) is 57.9 Å². The Morgan fingerprint density at radius 1 is 1.12 bits per heavy atom. The second-order valence-corrected chi connectivity index (χ2v) is 7.89. The van der Waals surface area contributed by atoms with Crippen molar-refractivity contribution in [3.05, 3.63) is 30.3 Å². The van der Waals surface area contributed by atoms with Gasteiger partial charge in [-0.15, -0.1) is 0 Å². The first-order chi connectivity index (χ1) is 12.5. The van der Waals surface area contributed by atoms with Crippen molar-refractivity contribution in [3.8, 4) is 0 Å². The van der Waals surface area contributed by atoms with Crippen LogP contribution >= 0.6 is 0 Å². The van der Waals surface area contributed by atoms with Crippen molar-refractivity contribution in [1.82, 2.24) is 9.80 Å². The second-order valence-electron chi connectivity index (χ2n) is 7.89. The Balaban J connectivity index is 1.53. The fourth-order valence-electron chi connectivity index (χ4n) is 4.31. The Bertz CT molecular complexity index is 576. The number of carbonyl (C=O) groups is 1. The molecule has 2 aliphatic rings. The first kappa shape index (κ1) is 19.2. The molecule has 1 aromatic rings. The van der Waals surface area contributed by atoms with E-state index in [1.807, 2.05) is 18.7 Å². The summed E-state index contributed by atoms with van der Waals surface area (Å²) in [5.74, 6) is 0.252. The van der Waals surface area contributed by atoms with Gasteiger partial charge in [-0.05, 0) is 45.7 Å². The van der Waals surface area contributed by atoms with Gasteiger partial charge in [0.05, 0.1) is 18.2 Å². The summed E-state index contributed by atoms with van der Waals surface area (Å²) in [6, 6.07) is 11.1. The van der Waals surface area contributed by atoms with E-state index >= 15 is 0 Å². The molecule has 26 heavy (non-hydrogen) atoms. The molecule has 5 heteroatoms. The molecule has 2 heterocycles. The zero-order chi connectivity index (χ0) is 18.7. The molecule has 3 atom stereocenters. The highest BCUT2D eigenvalue weighted by molar-refractivity contribution is 5.81. The lowest BCUT2D eigenvalue weighted by Crippen LogP contribution is -2.56. The molecule has 0 aliphatic carbocycles. The van der Waals surface area contributed by atoms with Gasteiger partial charge in [-0.1, -0.05) is 18.2 Å². The van der Waals surface area contributed by atoms with Gasteiger partial charge >= 0.3 is 0 Å². The molecule has 3 rings (SSSR count). The molecular weight excluding hydrogens is 326 g/mol. The summed E-state index contributed by atoms with van der Waals surface area (Å²) in [7, 11) is 2.18. The zero-order valence-corrected chi connectivity index (χ0v) is 16.6. The van der Waals surface area contributed by atoms with Crippen LogP contribution in [0.4, 0.5) is 5.69 Å². The smallest absolute Gasteiger partial charge is 0.239 e. The Labute approximate surface area is 157 Å². The Morgan fingerprint density at radius 2 is 1.69 bits per heavy atom. The molecule has 5 nitrogen and oxygen atoms in total. The summed E-state index contributed by atoms with van der Waals surface area (Å²) >= 11 is 0. The van der Waals surface area contributed by atoms with E-state index in [1.165, 1.54) is 5.69 Å². The van der Waals surface area contributed by atoms with E-state index in [1.54, 1.807) is 0 Å². The second kappa shape index (κ2) is 8.40. The van der Waals surface area contributed by atoms with Crippen LogP contribution in [0.5, 0.6) is 0 Å². The quantitative estimate of drug-likeness (QED) is 0.828. The van der Waals surface area contributed by atoms with Gasteiger partial charge in [0, 0.05) is 45.0 Å². The molecular formula is C21H33N3O2. The van der Waals surface area contributed by atoms with Gasteiger partial charge in [0.15, 0.2) is 0 Å². The van der Waals surface area contributed by atoms with Gasteiger partial charge in [0.1, 0.15) is 0 Å². The van der Waals surface area contributed by atoms with Crippen LogP contribution in [-0.2, 0) is 9.53 Å². The monoisotopic (exact) mass is 359 g/mol. The van der Waals surface area contributed by atoms with Crippen molar-refractivity contribution < 1.29 is 9.53 Å². The summed E-state index contributed by atoms with van der Waals surface area (Å²) in [5, 5.41) is 0. The number of para-hydroxylation sites is 1. The first-order valence-corrected chi connectivity index (χ1v) is 9.92. The highest BCUT2D eigenvalue weighted by Gasteiger charge is 2.33. The Kier molecular flexibility index (Phi) is 6.20. The minimum Gasteiger partial charge on any atom is -0.372 e. The van der Waals surface area contributed by atoms with E-state index in [4.69, 9.17) is 4.74 Å². The van der Waals surface area contributed by atoms with Crippen molar-refractivity contribution >= 4 is 11.6 Å². The number of likely N-dealkylation sites (tertiary alicyclic amines) is 1. The van der Waals surface area contributed by atoms with E-state index in [0.717, 1.165) is 25.9 Å². The SMILES string of the molecule is C[C@@H]1CN(C(=O)[C@@H](C)N2CCC(N(C)c3ccccc3)CC2)C[C@H](C)O1. The standard InChI is InChI=1S/C21H33N3O2/c1-16-14-24(15-17(2)26-16)21(25)18(3)23-12-10-20(11-13-23)22(4)19-8-6-5-7-9-19/h5-9,16-18,20H,10-15H2,1-4H3/t16-,17+,18-/m1/s1. The average Bonchev–Trinajstić information content (AvgIpc) is 2.66. The number of carbonyl (C=O) groups excluding carboxylic acids is 1. The van der Waals surface area contributed by atoms with Crippen molar-refractivity contribution in [2.24, 2.45) is 0 Å². The summed E-state index contributed by atoms with van der Waals surface area (Å²) < 4.78 is 5.76. The van der Waals surface area contributed by atoms with Gasteiger partial charge in [-0.2, -0.15) is 0 Å². The zero-order valence-electron chi connectivity index (χ0n) is 16.6. The lowest BCUT2D eigenvalue weighted by molar-refractivity contribution is -0.148. The van der Waals surface area contributed by atoms with Crippen LogP contribution in [-0.4, -0.2) is 73.2 Å². The van der Waals surface area contributed by atoms with E-state index in [-0.39, 0.29) is 24.2 Å². The van der Waals surface area contributed by atoms with Crippen molar-refractivity contribution in [3.63, 3.8) is 0 Å². The predicted molar refractivity (Wildman–Crippen MR) is 105 cm³/mol. The third-order valence-corrected chi connectivity index (χ3v) is 5.85. The lowest BCUT2D eigenvalue weighted by Gasteiger charge is -2.42. The predicted octanol–water partition coefficient (Wildman–Crippen LogP) is 2.61. The minimum atomic E-state index is -0.0459. The number of anilines is 1.